The molecule has 0 bridgehead atoms. The van der Waals surface area contributed by atoms with E-state index in [1.165, 1.54) is 12.8 Å². The molecule has 0 aliphatic carbocycles. The van der Waals surface area contributed by atoms with Crippen LogP contribution in [0, 0.1) is 5.41 Å². The number of hydrogen-bond donors (Lipinski definition) is 1. The van der Waals surface area contributed by atoms with E-state index in [9.17, 15) is 0 Å². The third-order valence-electron chi connectivity index (χ3n) is 2.62. The van der Waals surface area contributed by atoms with Crippen molar-refractivity contribution in [1.29, 1.82) is 0 Å². The first-order valence-corrected chi connectivity index (χ1v) is 6.10. The largest absolute Gasteiger partial charge is 0.325 e. The highest BCUT2D eigenvalue weighted by molar-refractivity contribution is 4.89. The maximum Gasteiger partial charge on any atom is 0.0148 e. The van der Waals surface area contributed by atoms with Crippen molar-refractivity contribution < 1.29 is 0 Å². The molecule has 18 heavy (non-hydrogen) atoms. The molecule has 0 heterocycles. The van der Waals surface area contributed by atoms with Crippen molar-refractivity contribution in [3.63, 3.8) is 0 Å². The highest BCUT2D eigenvalue weighted by Crippen LogP contribution is 2.32. The van der Waals surface area contributed by atoms with Crippen molar-refractivity contribution in [3.05, 3.63) is 52.6 Å². The van der Waals surface area contributed by atoms with Crippen molar-refractivity contribution in [2.75, 3.05) is 0 Å². The van der Waals surface area contributed by atoms with E-state index >= 15 is 0 Å². The first-order valence-electron chi connectivity index (χ1n) is 6.10. The third-order valence-corrected chi connectivity index (χ3v) is 2.62. The minimum atomic E-state index is -0.0526. The quantitative estimate of drug-likeness (QED) is 0.638. The SMILES string of the molecule is C=C.C=C.C=C.C=C.CCCC(C)(C)C(C)(C)N. The molecule has 0 aliphatic heterocycles. The molecule has 0 rings (SSSR count). The zero-order valence-electron chi connectivity index (χ0n) is 13.6. The number of hydrogen-bond acceptors (Lipinski definition) is 1. The molecule has 0 unspecified atom stereocenters. The van der Waals surface area contributed by atoms with Gasteiger partial charge in [0.05, 0.1) is 0 Å². The van der Waals surface area contributed by atoms with E-state index in [4.69, 9.17) is 5.73 Å². The van der Waals surface area contributed by atoms with Gasteiger partial charge in [0.1, 0.15) is 0 Å². The number of nitrogens with two attached hydrogens (primary N) is 1. The van der Waals surface area contributed by atoms with Crippen LogP contribution >= 0.6 is 0 Å². The van der Waals surface area contributed by atoms with Gasteiger partial charge in [0.15, 0.2) is 0 Å². The lowest BCUT2D eigenvalue weighted by molar-refractivity contribution is 0.184. The Balaban J connectivity index is -0.0000000596. The van der Waals surface area contributed by atoms with Gasteiger partial charge in [-0.3, -0.25) is 0 Å². The van der Waals surface area contributed by atoms with Crippen LogP contribution in [-0.4, -0.2) is 5.54 Å². The van der Waals surface area contributed by atoms with Crippen LogP contribution in [0.3, 0.4) is 0 Å². The van der Waals surface area contributed by atoms with Crippen LogP contribution < -0.4 is 5.73 Å². The summed E-state index contributed by atoms with van der Waals surface area (Å²) in [5, 5.41) is 0. The molecular formula is C17H37N. The van der Waals surface area contributed by atoms with Crippen LogP contribution in [0.5, 0.6) is 0 Å². The summed E-state index contributed by atoms with van der Waals surface area (Å²) in [5.74, 6) is 0. The normalized spacial score (nSPS) is 8.56. The van der Waals surface area contributed by atoms with E-state index in [2.05, 4.69) is 87.3 Å². The van der Waals surface area contributed by atoms with Crippen LogP contribution in [0.2, 0.25) is 0 Å². The summed E-state index contributed by atoms with van der Waals surface area (Å²) in [6.07, 6.45) is 2.42. The van der Waals surface area contributed by atoms with Crippen LogP contribution in [0.1, 0.15) is 47.5 Å². The topological polar surface area (TPSA) is 26.0 Å². The average molecular weight is 255 g/mol. The maximum absolute atomic E-state index is 6.00. The second-order valence-corrected chi connectivity index (χ2v) is 4.36. The third kappa shape index (κ3) is 20.3. The first kappa shape index (κ1) is 30.2. The van der Waals surface area contributed by atoms with Crippen molar-refractivity contribution >= 4 is 0 Å². The zero-order chi connectivity index (χ0) is 16.4. The molecular weight excluding hydrogens is 218 g/mol. The highest BCUT2D eigenvalue weighted by Gasteiger charge is 2.31. The summed E-state index contributed by atoms with van der Waals surface area (Å²) < 4.78 is 0. The lowest BCUT2D eigenvalue weighted by Crippen LogP contribution is -2.47. The Morgan fingerprint density at radius 1 is 0.722 bits per heavy atom. The van der Waals surface area contributed by atoms with Crippen molar-refractivity contribution in [1.82, 2.24) is 0 Å². The minimum absolute atomic E-state index is 0.0526. The monoisotopic (exact) mass is 255 g/mol. The van der Waals surface area contributed by atoms with E-state index in [-0.39, 0.29) is 11.0 Å². The van der Waals surface area contributed by atoms with E-state index < -0.39 is 0 Å². The Hall–Kier alpha value is -1.08. The molecule has 0 spiro atoms. The maximum atomic E-state index is 6.00. The predicted octanol–water partition coefficient (Wildman–Crippen LogP) is 5.76. The second kappa shape index (κ2) is 21.2. The van der Waals surface area contributed by atoms with Crippen molar-refractivity contribution in [3.8, 4) is 0 Å². The molecule has 0 saturated carbocycles. The van der Waals surface area contributed by atoms with Gasteiger partial charge in [-0.25, -0.2) is 0 Å². The highest BCUT2D eigenvalue weighted by atomic mass is 14.7. The van der Waals surface area contributed by atoms with Gasteiger partial charge in [0.25, 0.3) is 0 Å². The van der Waals surface area contributed by atoms with E-state index in [0.29, 0.717) is 0 Å². The predicted molar refractivity (Wildman–Crippen MR) is 92.0 cm³/mol. The standard InChI is InChI=1S/C9H21N.4C2H4/c1-6-7-8(2,3)9(4,5)10;4*1-2/h6-7,10H2,1-5H3;4*1-2H2. The minimum Gasteiger partial charge on any atom is -0.325 e. The van der Waals surface area contributed by atoms with Gasteiger partial charge < -0.3 is 5.73 Å². The smallest absolute Gasteiger partial charge is 0.0148 e. The Morgan fingerprint density at radius 3 is 1.00 bits per heavy atom. The summed E-state index contributed by atoms with van der Waals surface area (Å²) >= 11 is 0. The fourth-order valence-corrected chi connectivity index (χ4v) is 0.947. The molecule has 1 nitrogen and oxygen atoms in total. The van der Waals surface area contributed by atoms with Crippen LogP contribution in [0.25, 0.3) is 0 Å². The Morgan fingerprint density at radius 2 is 0.944 bits per heavy atom. The molecule has 0 atom stereocenters. The lowest BCUT2D eigenvalue weighted by Gasteiger charge is -2.38. The Kier molecular flexibility index (Phi) is 35.6. The molecule has 0 aromatic heterocycles. The molecule has 1 heteroatoms. The van der Waals surface area contributed by atoms with Crippen LogP contribution in [-0.2, 0) is 0 Å². The van der Waals surface area contributed by atoms with E-state index in [0.717, 1.165) is 0 Å². The Labute approximate surface area is 117 Å². The molecule has 110 valence electrons. The molecule has 0 aromatic rings. The van der Waals surface area contributed by atoms with Gasteiger partial charge in [-0.1, -0.05) is 27.2 Å². The molecule has 0 amide bonds. The van der Waals surface area contributed by atoms with Gasteiger partial charge in [-0.2, -0.15) is 0 Å². The van der Waals surface area contributed by atoms with Crippen LogP contribution in [0.4, 0.5) is 0 Å². The van der Waals surface area contributed by atoms with E-state index in [1.807, 2.05) is 0 Å². The van der Waals surface area contributed by atoms with Crippen molar-refractivity contribution in [2.45, 2.75) is 53.0 Å². The molecule has 0 saturated heterocycles. The summed E-state index contributed by atoms with van der Waals surface area (Å²) in [7, 11) is 0. The Bertz CT molecular complexity index is 134. The van der Waals surface area contributed by atoms with Crippen LogP contribution in [0.15, 0.2) is 52.6 Å². The summed E-state index contributed by atoms with van der Waals surface area (Å²) in [4.78, 5) is 0. The van der Waals surface area contributed by atoms with Gasteiger partial charge in [-0.15, -0.1) is 52.6 Å². The lowest BCUT2D eigenvalue weighted by atomic mass is 9.72. The molecule has 2 N–H and O–H groups in total. The number of rotatable bonds is 3. The molecule has 0 fully saturated rings. The average Bonchev–Trinajstić information content (AvgIpc) is 2.38. The summed E-state index contributed by atoms with van der Waals surface area (Å²) in [6, 6.07) is 0. The summed E-state index contributed by atoms with van der Waals surface area (Å²) in [6.45, 7) is 34.9. The van der Waals surface area contributed by atoms with Gasteiger partial charge in [0.2, 0.25) is 0 Å². The van der Waals surface area contributed by atoms with E-state index in [1.54, 1.807) is 0 Å². The van der Waals surface area contributed by atoms with Gasteiger partial charge in [0, 0.05) is 5.54 Å². The molecule has 0 radical (unpaired) electrons. The van der Waals surface area contributed by atoms with Gasteiger partial charge >= 0.3 is 0 Å². The first-order chi connectivity index (χ1) is 8.31. The second-order valence-electron chi connectivity index (χ2n) is 4.36. The van der Waals surface area contributed by atoms with Gasteiger partial charge in [-0.05, 0) is 25.7 Å². The zero-order valence-corrected chi connectivity index (χ0v) is 13.6. The summed E-state index contributed by atoms with van der Waals surface area (Å²) in [5.41, 5.74) is 6.21. The van der Waals surface area contributed by atoms with Crippen molar-refractivity contribution in [2.24, 2.45) is 11.1 Å². The molecule has 0 aliphatic rings. The fourth-order valence-electron chi connectivity index (χ4n) is 0.947. The molecule has 0 aromatic carbocycles. The fraction of sp³-hybridized carbons (Fsp3) is 0.529.